The summed E-state index contributed by atoms with van der Waals surface area (Å²) in [4.78, 5) is 51.7. The number of unbranched alkanes of at least 4 members (excludes halogenated alkanes) is 2. The lowest BCUT2D eigenvalue weighted by atomic mass is 9.96. The van der Waals surface area contributed by atoms with Crippen LogP contribution in [0.2, 0.25) is 15.1 Å². The van der Waals surface area contributed by atoms with Gasteiger partial charge in [-0.25, -0.2) is 34.9 Å². The van der Waals surface area contributed by atoms with Crippen molar-refractivity contribution in [2.24, 2.45) is 0 Å². The number of benzene rings is 10. The van der Waals surface area contributed by atoms with Crippen LogP contribution in [0.15, 0.2) is 323 Å². The van der Waals surface area contributed by atoms with Crippen molar-refractivity contribution in [3.05, 3.63) is 399 Å². The average molecular weight is 1970 g/mol. The minimum absolute atomic E-state index is 0.0338. The average Bonchev–Trinajstić information content (AvgIpc) is 1.61. The normalized spacial score (nSPS) is 15.0. The van der Waals surface area contributed by atoms with Gasteiger partial charge in [0.25, 0.3) is 0 Å². The zero-order valence-electron chi connectivity index (χ0n) is 80.0. The number of nitrogens with zero attached hydrogens (tertiary/aromatic N) is 7. The monoisotopic (exact) mass is 1960 g/mol. The molecule has 0 aliphatic carbocycles. The van der Waals surface area contributed by atoms with E-state index in [9.17, 15) is 10.2 Å². The number of anilines is 5. The molecule has 0 saturated heterocycles. The molecule has 5 aliphatic rings. The predicted octanol–water partition coefficient (Wildman–Crippen LogP) is 30.2. The number of phenolic OH excluding ortho intramolecular Hbond substituents is 2. The van der Waals surface area contributed by atoms with Crippen molar-refractivity contribution < 1.29 is 20.1 Å². The number of methoxy groups -OCH3 is 1. The highest BCUT2D eigenvalue weighted by atomic mass is 35.5. The van der Waals surface area contributed by atoms with E-state index in [4.69, 9.17) is 49.6 Å². The molecule has 145 heavy (non-hydrogen) atoms. The molecule has 4 unspecified atom stereocenters. The van der Waals surface area contributed by atoms with Gasteiger partial charge in [-0.05, 0) is 216 Å². The van der Waals surface area contributed by atoms with Gasteiger partial charge in [0.15, 0.2) is 11.5 Å². The van der Waals surface area contributed by atoms with Gasteiger partial charge in [-0.1, -0.05) is 200 Å². The van der Waals surface area contributed by atoms with Gasteiger partial charge in [0, 0.05) is 224 Å². The molecule has 0 fully saturated rings. The SMILES string of the molecule is CCCCC1Nc2ccccc2-c2ccnc3[nH]cc1c23.COc1cc(C2Nc3ccccc3-c3ccnc4[nH]cc2c34)cc(O)c1O.Cc1ccc(-c2nc3ccccc3c3cc[nH]c4ncc2c43)c(Cl)c1.Cc1ccc(C2Nc3ccccc3-c3ccnc4[nH]cc2c34)c(Cl)c1.Cc1ccc([C@@H]2Nc3ccccc3-c3ccnc4[nH]cc2c34)c(Cl)c1.OCCCCC1Nc2ccccc2-c2ccnc3[nH]cc1c23. The highest BCUT2D eigenvalue weighted by molar-refractivity contribution is 6.34. The van der Waals surface area contributed by atoms with Crippen LogP contribution in [0.3, 0.4) is 0 Å². The smallest absolute Gasteiger partial charge is 0.200 e. The molecule has 0 radical (unpaired) electrons. The second-order valence-corrected chi connectivity index (χ2v) is 38.5. The number of aromatic hydroxyl groups is 2. The van der Waals surface area contributed by atoms with E-state index >= 15 is 0 Å². The number of rotatable bonds is 12. The van der Waals surface area contributed by atoms with Crippen molar-refractivity contribution in [2.45, 2.75) is 96.4 Å². The zero-order chi connectivity index (χ0) is 98.6. The number of H-pyrrole nitrogens is 6. The minimum Gasteiger partial charge on any atom is -0.504 e. The number of aliphatic hydroxyl groups excluding tert-OH is 1. The Morgan fingerprint density at radius 1 is 0.331 bits per heavy atom. The predicted molar refractivity (Wildman–Crippen MR) is 590 cm³/mol. The maximum atomic E-state index is 10.2. The molecule has 22 nitrogen and oxygen atoms in total. The number of hydrogen-bond donors (Lipinski definition) is 14. The van der Waals surface area contributed by atoms with Crippen LogP contribution in [0, 0.1) is 20.8 Å². The Hall–Kier alpha value is -16.8. The summed E-state index contributed by atoms with van der Waals surface area (Å²) >= 11 is 19.8. The van der Waals surface area contributed by atoms with E-state index in [0.29, 0.717) is 11.1 Å². The van der Waals surface area contributed by atoms with Gasteiger partial charge >= 0.3 is 0 Å². The molecule has 5 atom stereocenters. The van der Waals surface area contributed by atoms with E-state index in [2.05, 4.69) is 289 Å². The lowest BCUT2D eigenvalue weighted by molar-refractivity contribution is 0.282. The standard InChI is InChI=1S/2C21H16ClN3.C21H14ClN3.C21H17N3O3.C18H19N3O.C18H19N3/c3*1-12-6-7-15(17(22)10-12)20-16-11-24-21-19(16)14(8-9-23-21)13-4-2-3-5-18(13)25-20;1-27-17-9-11(8-16(25)20(17)26)19-14-10-23-21-18(14)13(6-7-22-21)12-4-2-3-5-15(12)24-19;22-10-4-3-7-16-14-11-20-18-17(14)13(8-9-19-18)12-5-1-2-6-15(12)21-16;1-2-3-7-16-14-11-20-18-17(14)13(9-10-19-18)12-6-4-5-8-15(12)21-16/h2*2-11,20,25H,1H3,(H,23,24);2-11H,1H3,(H,23,24);2-10,19,24-26H,1H3,(H,22,23);1-2,5-6,8-9,11,16,21-22H,3-4,7,10H2,(H,19,20);4-6,8-11,16,21H,2-3,7H2,1H3,(H,19,20)/t20-;;;;;/m0...../s1. The fraction of sp³-hybridized carbons (Fsp3) is 0.142. The van der Waals surface area contributed by atoms with Gasteiger partial charge in [0.1, 0.15) is 33.9 Å². The maximum absolute atomic E-state index is 10.2. The largest absolute Gasteiger partial charge is 0.504 e. The van der Waals surface area contributed by atoms with E-state index in [0.717, 1.165) is 191 Å². The Bertz CT molecular complexity index is 8730. The van der Waals surface area contributed by atoms with E-state index in [1.807, 2.05) is 129 Å². The number of ether oxygens (including phenoxy) is 1. The number of para-hydroxylation sites is 6. The number of halogens is 3. The third-order valence-corrected chi connectivity index (χ3v) is 29.3. The number of hydrogen-bond acceptors (Lipinski definition) is 16. The van der Waals surface area contributed by atoms with Gasteiger partial charge in [0.2, 0.25) is 5.75 Å². The summed E-state index contributed by atoms with van der Waals surface area (Å²) < 4.78 is 5.22. The van der Waals surface area contributed by atoms with Crippen LogP contribution in [-0.2, 0) is 0 Å². The van der Waals surface area contributed by atoms with E-state index in [-0.39, 0.29) is 48.0 Å². The van der Waals surface area contributed by atoms with Crippen molar-refractivity contribution >= 4 is 151 Å². The number of aromatic amines is 6. The number of nitrogens with one attached hydrogen (secondary N) is 11. The molecule has 5 aliphatic heterocycles. The second-order valence-electron chi connectivity index (χ2n) is 37.2. The Morgan fingerprint density at radius 3 is 1.15 bits per heavy atom. The third-order valence-electron chi connectivity index (χ3n) is 28.3. The van der Waals surface area contributed by atoms with E-state index in [1.54, 1.807) is 18.3 Å². The molecule has 28 rings (SSSR count). The summed E-state index contributed by atoms with van der Waals surface area (Å²) in [5.41, 5.74) is 37.9. The fourth-order valence-corrected chi connectivity index (χ4v) is 22.4. The number of aliphatic hydroxyl groups is 1. The van der Waals surface area contributed by atoms with Crippen molar-refractivity contribution in [1.29, 1.82) is 0 Å². The first-order chi connectivity index (χ1) is 71.1. The lowest BCUT2D eigenvalue weighted by Gasteiger charge is -2.21. The van der Waals surface area contributed by atoms with Crippen molar-refractivity contribution in [3.63, 3.8) is 0 Å². The summed E-state index contributed by atoms with van der Waals surface area (Å²) in [5, 5.41) is 60.0. The van der Waals surface area contributed by atoms with E-state index in [1.165, 1.54) is 109 Å². The maximum Gasteiger partial charge on any atom is 0.200 e. The second kappa shape index (κ2) is 39.3. The molecular weight excluding hydrogens is 1860 g/mol. The van der Waals surface area contributed by atoms with Crippen LogP contribution in [0.5, 0.6) is 17.2 Å². The quantitative estimate of drug-likeness (QED) is 0.0399. The number of aromatic nitrogens is 13. The summed E-state index contributed by atoms with van der Waals surface area (Å²) in [6, 6.07) is 84.6. The van der Waals surface area contributed by atoms with Gasteiger partial charge in [-0.3, -0.25) is 0 Å². The molecule has 13 aromatic heterocycles. The zero-order valence-corrected chi connectivity index (χ0v) is 82.2. The van der Waals surface area contributed by atoms with Gasteiger partial charge < -0.3 is 76.5 Å². The molecule has 0 saturated carbocycles. The third kappa shape index (κ3) is 17.1. The molecule has 25 heteroatoms. The Labute approximate surface area is 850 Å². The summed E-state index contributed by atoms with van der Waals surface area (Å²) in [7, 11) is 1.46. The lowest BCUT2D eigenvalue weighted by Crippen LogP contribution is -2.12. The Balaban J connectivity index is 0.0000000963. The Kier molecular flexibility index (Phi) is 24.9. The fourth-order valence-electron chi connectivity index (χ4n) is 21.4. The van der Waals surface area contributed by atoms with Crippen molar-refractivity contribution in [1.82, 2.24) is 64.8 Å². The van der Waals surface area contributed by atoms with Crippen LogP contribution in [0.4, 0.5) is 28.4 Å². The molecule has 0 bridgehead atoms. The first-order valence-electron chi connectivity index (χ1n) is 48.8. The summed E-state index contributed by atoms with van der Waals surface area (Å²) in [6.07, 6.45) is 29.7. The van der Waals surface area contributed by atoms with Crippen LogP contribution in [0.1, 0.15) is 137 Å². The highest BCUT2D eigenvalue weighted by Gasteiger charge is 2.34. The molecule has 14 N–H and O–H groups in total. The molecular formula is C120H101Cl3N18O4. The number of pyridine rings is 6. The molecule has 0 amide bonds. The molecule has 716 valence electrons. The van der Waals surface area contributed by atoms with Gasteiger partial charge in [0.05, 0.1) is 53.6 Å². The first-order valence-corrected chi connectivity index (χ1v) is 50.0. The molecule has 0 spiro atoms. The molecule has 23 aromatic rings. The highest BCUT2D eigenvalue weighted by Crippen LogP contribution is 2.53. The van der Waals surface area contributed by atoms with Gasteiger partial charge in [-0.15, -0.1) is 0 Å². The van der Waals surface area contributed by atoms with Crippen LogP contribution in [0.25, 0.3) is 155 Å². The Morgan fingerprint density at radius 2 is 0.717 bits per heavy atom. The topological polar surface area (TPSA) is 315 Å². The van der Waals surface area contributed by atoms with Crippen molar-refractivity contribution in [2.75, 3.05) is 40.3 Å². The number of phenols is 2. The van der Waals surface area contributed by atoms with E-state index < -0.39 is 0 Å². The number of fused-ring (bicyclic) bond motifs is 12. The molecule has 10 aromatic carbocycles. The first kappa shape index (κ1) is 92.0. The summed E-state index contributed by atoms with van der Waals surface area (Å²) in [6.45, 7) is 8.64. The van der Waals surface area contributed by atoms with Crippen LogP contribution in [-0.4, -0.2) is 93.8 Å². The van der Waals surface area contributed by atoms with Crippen LogP contribution < -0.4 is 31.3 Å². The van der Waals surface area contributed by atoms with Crippen molar-refractivity contribution in [3.8, 4) is 84.1 Å². The van der Waals surface area contributed by atoms with Gasteiger partial charge in [-0.2, -0.15) is 0 Å². The van der Waals surface area contributed by atoms with Crippen LogP contribution >= 0.6 is 34.8 Å². The minimum atomic E-state index is -0.267. The molecule has 18 heterocycles. The number of aryl methyl sites for hydroxylation is 3. The summed E-state index contributed by atoms with van der Waals surface area (Å²) in [5.74, 6) is -0.263.